The molecule has 0 fully saturated rings. The Morgan fingerprint density at radius 1 is 1.00 bits per heavy atom. The van der Waals surface area contributed by atoms with Crippen molar-refractivity contribution in [2.24, 2.45) is 0 Å². The molecule has 6 nitrogen and oxygen atoms in total. The van der Waals surface area contributed by atoms with Gasteiger partial charge < -0.3 is 14.8 Å². The Kier molecular flexibility index (Phi) is 6.35. The molecule has 1 aromatic heterocycles. The van der Waals surface area contributed by atoms with E-state index in [1.165, 1.54) is 28.7 Å². The van der Waals surface area contributed by atoms with Crippen LogP contribution in [0.5, 0.6) is 11.5 Å². The summed E-state index contributed by atoms with van der Waals surface area (Å²) >= 11 is 4.54. The lowest BCUT2D eigenvalue weighted by atomic mass is 10.2. The number of hydrogen-bond donors (Lipinski definition) is 1. The zero-order valence-corrected chi connectivity index (χ0v) is 17.2. The van der Waals surface area contributed by atoms with Gasteiger partial charge in [-0.15, -0.1) is 10.2 Å². The number of hydrogen-bond acceptors (Lipinski definition) is 8. The molecule has 1 N–H and O–H groups in total. The molecule has 0 saturated carbocycles. The van der Waals surface area contributed by atoms with Crippen LogP contribution in [0.1, 0.15) is 5.56 Å². The lowest BCUT2D eigenvalue weighted by Crippen LogP contribution is -2.17. The van der Waals surface area contributed by atoms with E-state index in [-0.39, 0.29) is 11.7 Å². The number of rotatable bonds is 7. The molecule has 0 atom stereocenters. The van der Waals surface area contributed by atoms with E-state index in [0.29, 0.717) is 30.4 Å². The molecule has 0 unspecified atom stereocenters. The number of ether oxygens (including phenoxy) is 2. The van der Waals surface area contributed by atoms with E-state index >= 15 is 0 Å². The molecular formula is C19H17N3O3S3. The Morgan fingerprint density at radius 2 is 1.75 bits per heavy atom. The SMILES string of the molecule is O=C(CSc1nnc(SCc2ccccc2)s1)Nc1ccc2c(c1)OCCO2. The Bertz CT molecular complexity index is 950. The van der Waals surface area contributed by atoms with Gasteiger partial charge in [-0.25, -0.2) is 0 Å². The van der Waals surface area contributed by atoms with E-state index in [1.54, 1.807) is 30.0 Å². The monoisotopic (exact) mass is 431 g/mol. The van der Waals surface area contributed by atoms with Gasteiger partial charge in [0.25, 0.3) is 0 Å². The molecular weight excluding hydrogens is 414 g/mol. The Labute approximate surface area is 175 Å². The van der Waals surface area contributed by atoms with Crippen LogP contribution in [-0.4, -0.2) is 35.1 Å². The van der Waals surface area contributed by atoms with Gasteiger partial charge in [-0.3, -0.25) is 4.79 Å². The third-order valence-electron chi connectivity index (χ3n) is 3.75. The second-order valence-electron chi connectivity index (χ2n) is 5.80. The largest absolute Gasteiger partial charge is 0.486 e. The lowest BCUT2D eigenvalue weighted by Gasteiger charge is -2.18. The van der Waals surface area contributed by atoms with Crippen LogP contribution in [0.25, 0.3) is 0 Å². The van der Waals surface area contributed by atoms with Gasteiger partial charge in [-0.1, -0.05) is 65.2 Å². The first-order valence-electron chi connectivity index (χ1n) is 8.59. The normalized spacial score (nSPS) is 12.6. The van der Waals surface area contributed by atoms with E-state index in [9.17, 15) is 4.79 Å². The van der Waals surface area contributed by atoms with E-state index in [2.05, 4.69) is 27.6 Å². The summed E-state index contributed by atoms with van der Waals surface area (Å²) in [5, 5.41) is 11.2. The maximum absolute atomic E-state index is 12.2. The van der Waals surface area contributed by atoms with E-state index in [1.807, 2.05) is 18.2 Å². The number of fused-ring (bicyclic) bond motifs is 1. The number of nitrogens with one attached hydrogen (secondary N) is 1. The fourth-order valence-electron chi connectivity index (χ4n) is 2.48. The predicted molar refractivity (Wildman–Crippen MR) is 113 cm³/mol. The van der Waals surface area contributed by atoms with Crippen molar-refractivity contribution in [2.75, 3.05) is 24.3 Å². The molecule has 4 rings (SSSR count). The van der Waals surface area contributed by atoms with Crippen molar-refractivity contribution in [1.29, 1.82) is 0 Å². The average Bonchev–Trinajstić information content (AvgIpc) is 3.19. The minimum absolute atomic E-state index is 0.102. The molecule has 3 aromatic rings. The molecule has 0 radical (unpaired) electrons. The van der Waals surface area contributed by atoms with Crippen molar-refractivity contribution in [3.05, 3.63) is 54.1 Å². The third-order valence-corrected chi connectivity index (χ3v) is 7.01. The number of benzene rings is 2. The van der Waals surface area contributed by atoms with Crippen molar-refractivity contribution in [1.82, 2.24) is 10.2 Å². The first-order valence-corrected chi connectivity index (χ1v) is 11.4. The second-order valence-corrected chi connectivity index (χ2v) is 9.23. The average molecular weight is 432 g/mol. The zero-order chi connectivity index (χ0) is 19.2. The van der Waals surface area contributed by atoms with Crippen molar-refractivity contribution in [3.63, 3.8) is 0 Å². The molecule has 28 heavy (non-hydrogen) atoms. The standard InChI is InChI=1S/C19H17N3O3S3/c23-17(20-14-6-7-15-16(10-14)25-9-8-24-15)12-27-19-22-21-18(28-19)26-11-13-4-2-1-3-5-13/h1-7,10H,8-9,11-12H2,(H,20,23). The van der Waals surface area contributed by atoms with Crippen LogP contribution in [0.15, 0.2) is 57.2 Å². The predicted octanol–water partition coefficient (Wildman–Crippen LogP) is 4.33. The maximum Gasteiger partial charge on any atom is 0.234 e. The van der Waals surface area contributed by atoms with Gasteiger partial charge in [0.15, 0.2) is 20.2 Å². The van der Waals surface area contributed by atoms with Gasteiger partial charge in [0.05, 0.1) is 5.75 Å². The number of carbonyl (C=O) groups excluding carboxylic acids is 1. The summed E-state index contributed by atoms with van der Waals surface area (Å²) in [7, 11) is 0. The zero-order valence-electron chi connectivity index (χ0n) is 14.8. The summed E-state index contributed by atoms with van der Waals surface area (Å²) in [4.78, 5) is 12.2. The minimum Gasteiger partial charge on any atom is -0.486 e. The van der Waals surface area contributed by atoms with Crippen LogP contribution in [0, 0.1) is 0 Å². The summed E-state index contributed by atoms with van der Waals surface area (Å²) in [5.74, 6) is 2.38. The highest BCUT2D eigenvalue weighted by atomic mass is 32.2. The van der Waals surface area contributed by atoms with Gasteiger partial charge in [0, 0.05) is 17.5 Å². The summed E-state index contributed by atoms with van der Waals surface area (Å²) in [6.07, 6.45) is 0. The number of nitrogens with zero attached hydrogens (tertiary/aromatic N) is 2. The highest BCUT2D eigenvalue weighted by Gasteiger charge is 2.13. The Morgan fingerprint density at radius 3 is 2.57 bits per heavy atom. The first-order chi connectivity index (χ1) is 13.8. The summed E-state index contributed by atoms with van der Waals surface area (Å²) in [5.41, 5.74) is 1.93. The Balaban J connectivity index is 1.25. The summed E-state index contributed by atoms with van der Waals surface area (Å²) in [6, 6.07) is 15.6. The molecule has 9 heteroatoms. The number of anilines is 1. The molecule has 2 heterocycles. The highest BCUT2D eigenvalue weighted by molar-refractivity contribution is 8.03. The molecule has 144 valence electrons. The fraction of sp³-hybridized carbons (Fsp3) is 0.211. The summed E-state index contributed by atoms with van der Waals surface area (Å²) in [6.45, 7) is 1.06. The number of thioether (sulfide) groups is 2. The van der Waals surface area contributed by atoms with Gasteiger partial charge >= 0.3 is 0 Å². The van der Waals surface area contributed by atoms with Crippen molar-refractivity contribution >= 4 is 46.5 Å². The number of amides is 1. The van der Waals surface area contributed by atoms with Crippen LogP contribution in [0.4, 0.5) is 5.69 Å². The maximum atomic E-state index is 12.2. The molecule has 2 aromatic carbocycles. The van der Waals surface area contributed by atoms with Crippen LogP contribution in [-0.2, 0) is 10.5 Å². The van der Waals surface area contributed by atoms with Crippen LogP contribution in [0.2, 0.25) is 0 Å². The quantitative estimate of drug-likeness (QED) is 0.558. The van der Waals surface area contributed by atoms with Gasteiger partial charge in [0.2, 0.25) is 5.91 Å². The van der Waals surface area contributed by atoms with Gasteiger partial charge in [-0.05, 0) is 17.7 Å². The van der Waals surface area contributed by atoms with Gasteiger partial charge in [-0.2, -0.15) is 0 Å². The topological polar surface area (TPSA) is 73.3 Å². The van der Waals surface area contributed by atoms with Crippen LogP contribution < -0.4 is 14.8 Å². The van der Waals surface area contributed by atoms with Crippen molar-refractivity contribution < 1.29 is 14.3 Å². The lowest BCUT2D eigenvalue weighted by molar-refractivity contribution is -0.113. The molecule has 1 amide bonds. The molecule has 0 spiro atoms. The molecule has 0 saturated heterocycles. The molecule has 1 aliphatic rings. The Hall–Kier alpha value is -2.23. The van der Waals surface area contributed by atoms with Gasteiger partial charge in [0.1, 0.15) is 13.2 Å². The van der Waals surface area contributed by atoms with Crippen molar-refractivity contribution in [2.45, 2.75) is 14.4 Å². The van der Waals surface area contributed by atoms with Crippen LogP contribution in [0.3, 0.4) is 0 Å². The second kappa shape index (κ2) is 9.31. The number of aromatic nitrogens is 2. The molecule has 0 aliphatic carbocycles. The third kappa shape index (κ3) is 5.18. The van der Waals surface area contributed by atoms with E-state index in [4.69, 9.17) is 9.47 Å². The summed E-state index contributed by atoms with van der Waals surface area (Å²) < 4.78 is 12.7. The number of carbonyl (C=O) groups is 1. The molecule has 0 bridgehead atoms. The van der Waals surface area contributed by atoms with Crippen molar-refractivity contribution in [3.8, 4) is 11.5 Å². The highest BCUT2D eigenvalue weighted by Crippen LogP contribution is 2.33. The van der Waals surface area contributed by atoms with E-state index in [0.717, 1.165) is 14.4 Å². The minimum atomic E-state index is -0.102. The smallest absolute Gasteiger partial charge is 0.234 e. The molecule has 1 aliphatic heterocycles. The van der Waals surface area contributed by atoms with E-state index < -0.39 is 0 Å². The van der Waals surface area contributed by atoms with Crippen LogP contribution >= 0.6 is 34.9 Å². The fourth-order valence-corrected chi connectivity index (χ4v) is 5.25. The first kappa shape index (κ1) is 19.1.